The molecule has 2 aliphatic heterocycles. The van der Waals surface area contributed by atoms with Crippen molar-refractivity contribution in [3.05, 3.63) is 23.9 Å². The van der Waals surface area contributed by atoms with Gasteiger partial charge in [-0.05, 0) is 43.9 Å². The lowest BCUT2D eigenvalue weighted by Crippen LogP contribution is -2.46. The number of rotatable bonds is 3. The number of anilines is 1. The maximum absolute atomic E-state index is 10.6. The van der Waals surface area contributed by atoms with Crippen molar-refractivity contribution in [3.8, 4) is 6.07 Å². The molecule has 0 saturated carbocycles. The molecule has 1 aromatic heterocycles. The maximum atomic E-state index is 10.6. The van der Waals surface area contributed by atoms with Crippen LogP contribution in [0.5, 0.6) is 0 Å². The summed E-state index contributed by atoms with van der Waals surface area (Å²) in [6.45, 7) is 10.5. The van der Waals surface area contributed by atoms with E-state index >= 15 is 0 Å². The molecule has 0 radical (unpaired) electrons. The van der Waals surface area contributed by atoms with E-state index in [1.165, 1.54) is 38.9 Å². The van der Waals surface area contributed by atoms with Crippen LogP contribution in [0.2, 0.25) is 0 Å². The average molecular weight is 412 g/mol. The Bertz CT molecular complexity index is 731. The van der Waals surface area contributed by atoms with Crippen molar-refractivity contribution in [1.29, 1.82) is 5.26 Å². The second kappa shape index (κ2) is 9.44. The van der Waals surface area contributed by atoms with E-state index in [9.17, 15) is 13.2 Å². The van der Waals surface area contributed by atoms with Gasteiger partial charge in [0.2, 0.25) is 0 Å². The molecule has 3 rings (SSSR count). The number of carbonyl (C=O) groups is 1. The third kappa shape index (κ3) is 6.60. The highest BCUT2D eigenvalue weighted by Gasteiger charge is 2.41. The van der Waals surface area contributed by atoms with Crippen LogP contribution in [0.25, 0.3) is 0 Å². The Morgan fingerprint density at radius 3 is 2.52 bits per heavy atom. The lowest BCUT2D eigenvalue weighted by atomic mass is 9.79. The van der Waals surface area contributed by atoms with Crippen LogP contribution in [0.15, 0.2) is 18.3 Å². The summed E-state index contributed by atoms with van der Waals surface area (Å²) in [6.07, 6.45) is 0.533. The molecule has 0 aromatic carbocycles. The Balaban J connectivity index is 0.000000370. The van der Waals surface area contributed by atoms with Crippen LogP contribution in [-0.2, 0) is 4.79 Å². The molecular weight excluding hydrogens is 385 g/mol. The summed E-state index contributed by atoms with van der Waals surface area (Å²) in [6, 6.07) is 6.00. The number of halogens is 3. The molecule has 2 fully saturated rings. The van der Waals surface area contributed by atoms with Crippen LogP contribution in [-0.4, -0.2) is 59.9 Å². The number of hydrogen-bond acceptors (Lipinski definition) is 5. The third-order valence-electron chi connectivity index (χ3n) is 5.25. The van der Waals surface area contributed by atoms with Crippen molar-refractivity contribution in [2.24, 2.45) is 11.3 Å². The quantitative estimate of drug-likeness (QED) is 0.818. The number of alkyl halides is 3. The first-order valence-electron chi connectivity index (χ1n) is 9.68. The highest BCUT2D eigenvalue weighted by molar-refractivity contribution is 5.73. The first-order valence-corrected chi connectivity index (χ1v) is 9.68. The molecule has 1 aromatic rings. The van der Waals surface area contributed by atoms with Crippen LogP contribution in [0, 0.1) is 22.7 Å². The molecule has 0 amide bonds. The van der Waals surface area contributed by atoms with Crippen molar-refractivity contribution >= 4 is 11.8 Å². The van der Waals surface area contributed by atoms with Gasteiger partial charge in [0.25, 0.3) is 0 Å². The highest BCUT2D eigenvalue weighted by atomic mass is 19.4. The standard InChI is InChI=1S/C18H26N4.C2HF3O2/c1-15(2)12-21-8-3-6-18(13-21)7-9-22(14-18)17-5-4-16(10-19)11-20-17;3-2(4,5)1(6)7/h4-5,11,15H,3,6-9,12-14H2,1-2H3;(H,6,7). The molecular formula is C20H27F3N4O2. The lowest BCUT2D eigenvalue weighted by molar-refractivity contribution is -0.192. The molecule has 6 nitrogen and oxygen atoms in total. The molecule has 1 atom stereocenters. The number of pyridine rings is 1. The van der Waals surface area contributed by atoms with Gasteiger partial charge in [-0.25, -0.2) is 9.78 Å². The van der Waals surface area contributed by atoms with Crippen molar-refractivity contribution in [2.45, 2.75) is 39.3 Å². The van der Waals surface area contributed by atoms with E-state index in [4.69, 9.17) is 15.2 Å². The molecule has 1 N–H and O–H groups in total. The monoisotopic (exact) mass is 412 g/mol. The number of aliphatic carboxylic acids is 1. The highest BCUT2D eigenvalue weighted by Crippen LogP contribution is 2.40. The van der Waals surface area contributed by atoms with Crippen molar-refractivity contribution in [3.63, 3.8) is 0 Å². The molecule has 9 heteroatoms. The average Bonchev–Trinajstić information content (AvgIpc) is 3.04. The van der Waals surface area contributed by atoms with Gasteiger partial charge in [-0.1, -0.05) is 13.8 Å². The van der Waals surface area contributed by atoms with Gasteiger partial charge < -0.3 is 14.9 Å². The summed E-state index contributed by atoms with van der Waals surface area (Å²) in [5.74, 6) is -0.989. The molecule has 29 heavy (non-hydrogen) atoms. The van der Waals surface area contributed by atoms with E-state index in [1.807, 2.05) is 12.1 Å². The number of carboxylic acid groups (broad SMARTS) is 1. The Morgan fingerprint density at radius 1 is 1.31 bits per heavy atom. The Labute approximate surface area is 168 Å². The Morgan fingerprint density at radius 2 is 2.00 bits per heavy atom. The molecule has 3 heterocycles. The van der Waals surface area contributed by atoms with Crippen LogP contribution in [0.4, 0.5) is 19.0 Å². The summed E-state index contributed by atoms with van der Waals surface area (Å²) < 4.78 is 31.7. The van der Waals surface area contributed by atoms with Crippen LogP contribution in [0.1, 0.15) is 38.7 Å². The zero-order valence-electron chi connectivity index (χ0n) is 16.7. The summed E-state index contributed by atoms with van der Waals surface area (Å²) in [5, 5.41) is 16.0. The van der Waals surface area contributed by atoms with Crippen molar-refractivity contribution < 1.29 is 23.1 Å². The summed E-state index contributed by atoms with van der Waals surface area (Å²) in [4.78, 5) is 18.4. The second-order valence-corrected chi connectivity index (χ2v) is 8.22. The minimum absolute atomic E-state index is 0.447. The predicted octanol–water partition coefficient (Wildman–Crippen LogP) is 3.53. The minimum Gasteiger partial charge on any atom is -0.475 e. The summed E-state index contributed by atoms with van der Waals surface area (Å²) >= 11 is 0. The van der Waals surface area contributed by atoms with Crippen molar-refractivity contribution in [2.75, 3.05) is 37.6 Å². The fourth-order valence-corrected chi connectivity index (χ4v) is 4.09. The van der Waals surface area contributed by atoms with E-state index in [0.29, 0.717) is 11.0 Å². The van der Waals surface area contributed by atoms with Gasteiger partial charge in [-0.3, -0.25) is 0 Å². The van der Waals surface area contributed by atoms with E-state index in [0.717, 1.165) is 24.8 Å². The van der Waals surface area contributed by atoms with Gasteiger partial charge in [0.15, 0.2) is 0 Å². The SMILES string of the molecule is CC(C)CN1CCCC2(CCN(c3ccc(C#N)cn3)C2)C1.O=C(O)C(F)(F)F. The van der Waals surface area contributed by atoms with Gasteiger partial charge in [0.05, 0.1) is 5.56 Å². The molecule has 2 saturated heterocycles. The number of piperidine rings is 1. The van der Waals surface area contributed by atoms with Gasteiger partial charge in [-0.2, -0.15) is 18.4 Å². The number of nitriles is 1. The molecule has 160 valence electrons. The van der Waals surface area contributed by atoms with E-state index < -0.39 is 12.1 Å². The molecule has 2 aliphatic rings. The lowest BCUT2D eigenvalue weighted by Gasteiger charge is -2.41. The van der Waals surface area contributed by atoms with Gasteiger partial charge in [0.1, 0.15) is 11.9 Å². The summed E-state index contributed by atoms with van der Waals surface area (Å²) in [5.41, 5.74) is 1.08. The topological polar surface area (TPSA) is 80.5 Å². The van der Waals surface area contributed by atoms with Crippen LogP contribution < -0.4 is 4.90 Å². The van der Waals surface area contributed by atoms with Crippen molar-refractivity contribution in [1.82, 2.24) is 9.88 Å². The number of nitrogens with zero attached hydrogens (tertiary/aromatic N) is 4. The fourth-order valence-electron chi connectivity index (χ4n) is 4.09. The zero-order chi connectivity index (χ0) is 21.7. The van der Waals surface area contributed by atoms with Gasteiger partial charge >= 0.3 is 12.1 Å². The normalized spacial score (nSPS) is 22.3. The van der Waals surface area contributed by atoms with Gasteiger partial charge in [-0.15, -0.1) is 0 Å². The van der Waals surface area contributed by atoms with E-state index in [1.54, 1.807) is 6.20 Å². The molecule has 0 bridgehead atoms. The maximum Gasteiger partial charge on any atom is 0.490 e. The number of likely N-dealkylation sites (tertiary alicyclic amines) is 1. The van der Waals surface area contributed by atoms with Crippen LogP contribution in [0.3, 0.4) is 0 Å². The minimum atomic E-state index is -5.08. The second-order valence-electron chi connectivity index (χ2n) is 8.22. The van der Waals surface area contributed by atoms with E-state index in [-0.39, 0.29) is 0 Å². The number of aromatic nitrogens is 1. The smallest absolute Gasteiger partial charge is 0.475 e. The third-order valence-corrected chi connectivity index (χ3v) is 5.25. The van der Waals surface area contributed by atoms with Gasteiger partial charge in [0, 0.05) is 37.8 Å². The van der Waals surface area contributed by atoms with Crippen LogP contribution >= 0.6 is 0 Å². The van der Waals surface area contributed by atoms with E-state index in [2.05, 4.69) is 34.7 Å². The summed E-state index contributed by atoms with van der Waals surface area (Å²) in [7, 11) is 0. The zero-order valence-corrected chi connectivity index (χ0v) is 16.7. The first-order chi connectivity index (χ1) is 13.5. The number of hydrogen-bond donors (Lipinski definition) is 1. The predicted molar refractivity (Wildman–Crippen MR) is 102 cm³/mol. The molecule has 1 unspecified atom stereocenters. The largest absolute Gasteiger partial charge is 0.490 e. The first kappa shape index (κ1) is 22.9. The molecule has 1 spiro atoms. The Kier molecular flexibility index (Phi) is 7.47. The Hall–Kier alpha value is -2.34. The number of carboxylic acids is 1. The molecule has 0 aliphatic carbocycles. The fraction of sp³-hybridized carbons (Fsp3) is 0.650.